The van der Waals surface area contributed by atoms with E-state index in [1.165, 1.54) is 12.0 Å². The Bertz CT molecular complexity index is 600. The predicted octanol–water partition coefficient (Wildman–Crippen LogP) is 3.36. The Hall–Kier alpha value is -0.980. The van der Waals surface area contributed by atoms with Gasteiger partial charge in [0.05, 0.1) is 18.0 Å². The number of imidazole rings is 1. The van der Waals surface area contributed by atoms with Gasteiger partial charge in [-0.2, -0.15) is 0 Å². The van der Waals surface area contributed by atoms with Crippen LogP contribution in [0.25, 0.3) is 5.69 Å². The molecule has 0 amide bonds. The molecule has 0 aliphatic carbocycles. The van der Waals surface area contributed by atoms with E-state index in [4.69, 9.17) is 8.92 Å². The van der Waals surface area contributed by atoms with Gasteiger partial charge in [0.25, 0.3) is 0 Å². The summed E-state index contributed by atoms with van der Waals surface area (Å²) in [6, 6.07) is 6.02. The molecule has 1 aliphatic heterocycles. The number of halogens is 1. The normalized spacial score (nSPS) is 12.7. The third kappa shape index (κ3) is 2.66. The van der Waals surface area contributed by atoms with Crippen LogP contribution in [0.4, 0.5) is 0 Å². The van der Waals surface area contributed by atoms with Gasteiger partial charge < -0.3 is 8.92 Å². The van der Waals surface area contributed by atoms with E-state index in [2.05, 4.69) is 31.7 Å². The fourth-order valence-corrected chi connectivity index (χ4v) is 2.67. The molecule has 2 heterocycles. The molecule has 0 fully saturated rings. The molecule has 1 aromatic heterocycles. The highest BCUT2D eigenvalue weighted by molar-refractivity contribution is 9.10. The van der Waals surface area contributed by atoms with Crippen molar-refractivity contribution in [1.29, 1.82) is 0 Å². The van der Waals surface area contributed by atoms with E-state index in [1.54, 1.807) is 0 Å². The molecule has 3 rings (SSSR count). The summed E-state index contributed by atoms with van der Waals surface area (Å²) in [7, 11) is 0. The highest BCUT2D eigenvalue weighted by Crippen LogP contribution is 2.32. The molecule has 0 saturated carbocycles. The number of fused-ring (bicyclic) bond motifs is 3. The average molecular weight is 341 g/mol. The summed E-state index contributed by atoms with van der Waals surface area (Å²) in [5, 5.41) is 0. The quantitative estimate of drug-likeness (QED) is 0.631. The standard InChI is InChI=1S/C13H13BrN2O2S/c1-19-18-5-4-10-7-16-11-3-2-9(14)6-12(11)17-8-13(16)15-10/h2-3,6-7H,4-5,8H2,1H3. The van der Waals surface area contributed by atoms with Crippen molar-refractivity contribution in [2.75, 3.05) is 12.9 Å². The van der Waals surface area contributed by atoms with Crippen LogP contribution in [0.1, 0.15) is 11.5 Å². The lowest BCUT2D eigenvalue weighted by atomic mass is 10.2. The maximum Gasteiger partial charge on any atom is 0.151 e. The van der Waals surface area contributed by atoms with Gasteiger partial charge in [-0.25, -0.2) is 4.98 Å². The zero-order valence-corrected chi connectivity index (χ0v) is 12.8. The second-order valence-electron chi connectivity index (χ2n) is 4.16. The first-order valence-electron chi connectivity index (χ1n) is 5.93. The summed E-state index contributed by atoms with van der Waals surface area (Å²) < 4.78 is 14.1. The second kappa shape index (κ2) is 5.56. The van der Waals surface area contributed by atoms with Crippen LogP contribution in [0.15, 0.2) is 28.9 Å². The molecule has 0 atom stereocenters. The van der Waals surface area contributed by atoms with Crippen molar-refractivity contribution in [3.63, 3.8) is 0 Å². The van der Waals surface area contributed by atoms with Crippen LogP contribution in [-0.4, -0.2) is 22.4 Å². The number of nitrogens with zero attached hydrogens (tertiary/aromatic N) is 2. The second-order valence-corrected chi connectivity index (χ2v) is 5.64. The van der Waals surface area contributed by atoms with Crippen LogP contribution in [0.5, 0.6) is 5.75 Å². The largest absolute Gasteiger partial charge is 0.483 e. The van der Waals surface area contributed by atoms with Crippen LogP contribution in [-0.2, 0) is 17.2 Å². The van der Waals surface area contributed by atoms with Gasteiger partial charge in [-0.1, -0.05) is 15.9 Å². The fourth-order valence-electron chi connectivity index (χ4n) is 2.08. The van der Waals surface area contributed by atoms with Crippen molar-refractivity contribution in [3.05, 3.63) is 40.4 Å². The predicted molar refractivity (Wildman–Crippen MR) is 78.8 cm³/mol. The number of hydrogen-bond acceptors (Lipinski definition) is 4. The van der Waals surface area contributed by atoms with Gasteiger partial charge in [-0.15, -0.1) is 0 Å². The van der Waals surface area contributed by atoms with Gasteiger partial charge in [0.2, 0.25) is 0 Å². The topological polar surface area (TPSA) is 36.3 Å². The molecule has 6 heteroatoms. The van der Waals surface area contributed by atoms with Gasteiger partial charge in [0, 0.05) is 23.3 Å². The maximum absolute atomic E-state index is 5.72. The maximum atomic E-state index is 5.72. The smallest absolute Gasteiger partial charge is 0.151 e. The van der Waals surface area contributed by atoms with E-state index in [1.807, 2.05) is 24.5 Å². The molecule has 100 valence electrons. The van der Waals surface area contributed by atoms with Crippen molar-refractivity contribution in [2.45, 2.75) is 13.0 Å². The third-order valence-electron chi connectivity index (χ3n) is 2.93. The molecule has 2 aromatic rings. The van der Waals surface area contributed by atoms with Gasteiger partial charge in [0.15, 0.2) is 5.82 Å². The zero-order chi connectivity index (χ0) is 13.2. The van der Waals surface area contributed by atoms with Crippen molar-refractivity contribution in [1.82, 2.24) is 9.55 Å². The van der Waals surface area contributed by atoms with Crippen LogP contribution in [0.2, 0.25) is 0 Å². The number of ether oxygens (including phenoxy) is 1. The fraction of sp³-hybridized carbons (Fsp3) is 0.308. The van der Waals surface area contributed by atoms with Crippen molar-refractivity contribution >= 4 is 28.0 Å². The summed E-state index contributed by atoms with van der Waals surface area (Å²) in [6.07, 6.45) is 4.79. The number of hydrogen-bond donors (Lipinski definition) is 0. The molecular weight excluding hydrogens is 328 g/mol. The monoisotopic (exact) mass is 340 g/mol. The minimum Gasteiger partial charge on any atom is -0.483 e. The van der Waals surface area contributed by atoms with E-state index >= 15 is 0 Å². The van der Waals surface area contributed by atoms with Crippen molar-refractivity contribution < 1.29 is 8.92 Å². The summed E-state index contributed by atoms with van der Waals surface area (Å²) in [5.74, 6) is 1.82. The number of aromatic nitrogens is 2. The zero-order valence-electron chi connectivity index (χ0n) is 10.4. The summed E-state index contributed by atoms with van der Waals surface area (Å²) in [5.41, 5.74) is 2.07. The van der Waals surface area contributed by atoms with Gasteiger partial charge in [0.1, 0.15) is 12.4 Å². The van der Waals surface area contributed by atoms with Crippen LogP contribution < -0.4 is 4.74 Å². The molecule has 1 aromatic carbocycles. The van der Waals surface area contributed by atoms with E-state index in [9.17, 15) is 0 Å². The Morgan fingerprint density at radius 1 is 1.53 bits per heavy atom. The molecule has 4 nitrogen and oxygen atoms in total. The highest BCUT2D eigenvalue weighted by Gasteiger charge is 2.19. The first kappa shape index (κ1) is 13.0. The Morgan fingerprint density at radius 2 is 2.42 bits per heavy atom. The van der Waals surface area contributed by atoms with Crippen LogP contribution in [0.3, 0.4) is 0 Å². The summed E-state index contributed by atoms with van der Waals surface area (Å²) in [4.78, 5) is 4.58. The van der Waals surface area contributed by atoms with E-state index in [-0.39, 0.29) is 0 Å². The highest BCUT2D eigenvalue weighted by atomic mass is 79.9. The van der Waals surface area contributed by atoms with Gasteiger partial charge in [-0.3, -0.25) is 4.57 Å². The Morgan fingerprint density at radius 3 is 3.26 bits per heavy atom. The Labute approximate surface area is 124 Å². The Balaban J connectivity index is 1.89. The van der Waals surface area contributed by atoms with Crippen LogP contribution in [0, 0.1) is 0 Å². The number of rotatable bonds is 4. The van der Waals surface area contributed by atoms with Crippen molar-refractivity contribution in [2.24, 2.45) is 0 Å². The molecule has 0 saturated heterocycles. The average Bonchev–Trinajstić information content (AvgIpc) is 2.81. The number of benzene rings is 1. The van der Waals surface area contributed by atoms with Gasteiger partial charge in [-0.05, 0) is 30.2 Å². The first-order chi connectivity index (χ1) is 9.28. The minimum absolute atomic E-state index is 0.507. The van der Waals surface area contributed by atoms with Gasteiger partial charge >= 0.3 is 0 Å². The third-order valence-corrected chi connectivity index (χ3v) is 3.82. The molecule has 19 heavy (non-hydrogen) atoms. The first-order valence-corrected chi connectivity index (χ1v) is 7.87. The molecule has 0 bridgehead atoms. The van der Waals surface area contributed by atoms with E-state index < -0.39 is 0 Å². The lowest BCUT2D eigenvalue weighted by Gasteiger charge is -2.19. The molecular formula is C13H13BrN2O2S. The minimum atomic E-state index is 0.507. The SMILES string of the molecule is CSOCCc1cn2c(n1)COc1cc(Br)ccc1-2. The summed E-state index contributed by atoms with van der Waals surface area (Å²) in [6.45, 7) is 1.18. The molecule has 0 N–H and O–H groups in total. The molecule has 0 radical (unpaired) electrons. The lowest BCUT2D eigenvalue weighted by molar-refractivity contribution is 0.279. The van der Waals surface area contributed by atoms with E-state index in [0.717, 1.165) is 33.8 Å². The van der Waals surface area contributed by atoms with Crippen molar-refractivity contribution in [3.8, 4) is 11.4 Å². The molecule has 1 aliphatic rings. The van der Waals surface area contributed by atoms with E-state index in [0.29, 0.717) is 13.2 Å². The molecule has 0 spiro atoms. The Kier molecular flexibility index (Phi) is 3.81. The summed E-state index contributed by atoms with van der Waals surface area (Å²) >= 11 is 4.84. The van der Waals surface area contributed by atoms with Crippen LogP contribution >= 0.6 is 28.0 Å². The molecule has 0 unspecified atom stereocenters. The lowest BCUT2D eigenvalue weighted by Crippen LogP contribution is -2.12.